The summed E-state index contributed by atoms with van der Waals surface area (Å²) in [4.78, 5) is 0. The third-order valence-electron chi connectivity index (χ3n) is 5.07. The summed E-state index contributed by atoms with van der Waals surface area (Å²) in [5.41, 5.74) is 0. The van der Waals surface area contributed by atoms with Crippen LogP contribution in [0.2, 0.25) is 42.8 Å². The Balaban J connectivity index is 5.12. The fourth-order valence-corrected chi connectivity index (χ4v) is 20.6. The topological polar surface area (TPSA) is 18.5 Å². The van der Waals surface area contributed by atoms with E-state index in [-0.39, 0.29) is 0 Å². The van der Waals surface area contributed by atoms with Gasteiger partial charge >= 0.3 is 0 Å². The monoisotopic (exact) mass is 390 g/mol. The number of rotatable bonds is 16. The zero-order valence-electron chi connectivity index (χ0n) is 17.9. The summed E-state index contributed by atoms with van der Waals surface area (Å²) in [6, 6.07) is 8.00. The van der Waals surface area contributed by atoms with E-state index in [0.29, 0.717) is 0 Å². The van der Waals surface area contributed by atoms with E-state index < -0.39 is 25.9 Å². The molecule has 0 radical (unpaired) electrons. The largest absolute Gasteiger partial charge is 0.438 e. The van der Waals surface area contributed by atoms with E-state index >= 15 is 0 Å². The van der Waals surface area contributed by atoms with Gasteiger partial charge in [0.2, 0.25) is 0 Å². The van der Waals surface area contributed by atoms with Crippen LogP contribution in [0.25, 0.3) is 0 Å². The molecule has 0 N–H and O–H groups in total. The van der Waals surface area contributed by atoms with E-state index in [9.17, 15) is 0 Å². The van der Waals surface area contributed by atoms with Gasteiger partial charge in [0.1, 0.15) is 0 Å². The number of hydrogen-bond donors (Lipinski definition) is 0. The lowest BCUT2D eigenvalue weighted by molar-refractivity contribution is 0.400. The van der Waals surface area contributed by atoms with Crippen LogP contribution in [0.4, 0.5) is 0 Å². The molecule has 0 bridgehead atoms. The van der Waals surface area contributed by atoms with E-state index in [2.05, 4.69) is 48.1 Å². The van der Waals surface area contributed by atoms with Gasteiger partial charge in [-0.25, -0.2) is 0 Å². The predicted octanol–water partition coefficient (Wildman–Crippen LogP) is 7.22. The zero-order chi connectivity index (χ0) is 18.5. The molecule has 0 amide bonds. The molecule has 5 heteroatoms. The Kier molecular flexibility index (Phi) is 14.1. The third kappa shape index (κ3) is 8.79. The normalized spacial score (nSPS) is 13.0. The van der Waals surface area contributed by atoms with Gasteiger partial charge in [0.25, 0.3) is 9.28 Å². The van der Waals surface area contributed by atoms with Crippen LogP contribution in [0, 0.1) is 0 Å². The van der Waals surface area contributed by atoms with Crippen molar-refractivity contribution in [1.82, 2.24) is 0 Å². The Bertz CT molecular complexity index is 238. The highest BCUT2D eigenvalue weighted by molar-refractivity contribution is 6.83. The van der Waals surface area contributed by atoms with E-state index in [1.165, 1.54) is 74.8 Å². The van der Waals surface area contributed by atoms with Crippen LogP contribution in [-0.2, 0) is 8.23 Å². The van der Waals surface area contributed by atoms with Crippen LogP contribution in [0.3, 0.4) is 0 Å². The number of hydrogen-bond acceptors (Lipinski definition) is 2. The molecule has 0 rings (SSSR count). The molecule has 0 fully saturated rings. The molecule has 0 spiro atoms. The van der Waals surface area contributed by atoms with Gasteiger partial charge in [-0.2, -0.15) is 0 Å². The first kappa shape index (κ1) is 24.6. The fraction of sp³-hybridized carbons (Fsp3) is 1.00. The Morgan fingerprint density at radius 1 is 0.500 bits per heavy atom. The minimum atomic E-state index is -1.57. The average molecular weight is 391 g/mol. The molecule has 0 unspecified atom stereocenters. The standard InChI is InChI=1S/C19H46O2Si3/c1-8-14-23(15-9-2,16-10-3)20-22(7)21-24(17-11-4,18-12-5)19-13-6/h22H,8-19H2,1-7H3. The summed E-state index contributed by atoms with van der Waals surface area (Å²) in [7, 11) is -4.65. The second-order valence-corrected chi connectivity index (χ2v) is 18.4. The Morgan fingerprint density at radius 2 is 0.708 bits per heavy atom. The summed E-state index contributed by atoms with van der Waals surface area (Å²) in [5, 5.41) is 0. The highest BCUT2D eigenvalue weighted by Crippen LogP contribution is 2.32. The van der Waals surface area contributed by atoms with Crippen LogP contribution in [-0.4, -0.2) is 25.9 Å². The van der Waals surface area contributed by atoms with E-state index in [1.54, 1.807) is 0 Å². The van der Waals surface area contributed by atoms with Crippen molar-refractivity contribution in [3.63, 3.8) is 0 Å². The van der Waals surface area contributed by atoms with E-state index in [4.69, 9.17) is 8.23 Å². The van der Waals surface area contributed by atoms with Gasteiger partial charge in [-0.1, -0.05) is 80.1 Å². The molecule has 0 aliphatic carbocycles. The molecule has 2 nitrogen and oxygen atoms in total. The quantitative estimate of drug-likeness (QED) is 0.259. The van der Waals surface area contributed by atoms with Crippen LogP contribution < -0.4 is 0 Å². The summed E-state index contributed by atoms with van der Waals surface area (Å²) in [6.45, 7) is 16.3. The Hall–Kier alpha value is 0.571. The first-order valence-electron chi connectivity index (χ1n) is 10.8. The molecule has 24 heavy (non-hydrogen) atoms. The van der Waals surface area contributed by atoms with Crippen molar-refractivity contribution in [3.8, 4) is 0 Å². The second-order valence-electron chi connectivity index (χ2n) is 7.67. The van der Waals surface area contributed by atoms with Crippen LogP contribution in [0.5, 0.6) is 0 Å². The predicted molar refractivity (Wildman–Crippen MR) is 117 cm³/mol. The minimum absolute atomic E-state index is 1.27. The van der Waals surface area contributed by atoms with Crippen molar-refractivity contribution in [2.45, 2.75) is 123 Å². The van der Waals surface area contributed by atoms with Crippen molar-refractivity contribution >= 4 is 25.9 Å². The van der Waals surface area contributed by atoms with Crippen molar-refractivity contribution in [2.75, 3.05) is 0 Å². The molecule has 0 atom stereocenters. The minimum Gasteiger partial charge on any atom is -0.438 e. The first-order valence-corrected chi connectivity index (χ1v) is 18.0. The molecule has 0 saturated heterocycles. The summed E-state index contributed by atoms with van der Waals surface area (Å²) in [6.07, 6.45) is 7.64. The maximum absolute atomic E-state index is 6.94. The lowest BCUT2D eigenvalue weighted by atomic mass is 10.6. The fourth-order valence-electron chi connectivity index (χ4n) is 4.57. The lowest BCUT2D eigenvalue weighted by Gasteiger charge is -2.39. The van der Waals surface area contributed by atoms with Gasteiger partial charge < -0.3 is 8.23 Å². The van der Waals surface area contributed by atoms with Gasteiger partial charge in [-0.15, -0.1) is 0 Å². The van der Waals surface area contributed by atoms with Gasteiger partial charge in [-0.3, -0.25) is 0 Å². The Morgan fingerprint density at radius 3 is 0.875 bits per heavy atom. The summed E-state index contributed by atoms with van der Waals surface area (Å²) in [5.74, 6) is 0. The van der Waals surface area contributed by atoms with Gasteiger partial charge in [0, 0.05) is 0 Å². The summed E-state index contributed by atoms with van der Waals surface area (Å²) >= 11 is 0. The van der Waals surface area contributed by atoms with Crippen LogP contribution in [0.1, 0.15) is 80.1 Å². The van der Waals surface area contributed by atoms with Crippen molar-refractivity contribution in [1.29, 1.82) is 0 Å². The van der Waals surface area contributed by atoms with Crippen molar-refractivity contribution in [2.24, 2.45) is 0 Å². The molecule has 0 aromatic rings. The van der Waals surface area contributed by atoms with Gasteiger partial charge in [0.05, 0.1) is 0 Å². The van der Waals surface area contributed by atoms with E-state index in [0.717, 1.165) is 0 Å². The molecule has 0 heterocycles. The molecule has 0 saturated carbocycles. The second kappa shape index (κ2) is 13.7. The maximum atomic E-state index is 6.94. The highest BCUT2D eigenvalue weighted by Gasteiger charge is 2.39. The van der Waals surface area contributed by atoms with Crippen molar-refractivity contribution < 1.29 is 8.23 Å². The molecule has 0 aromatic heterocycles. The SMILES string of the molecule is CCC[Si](CCC)(CCC)O[SiH](C)O[Si](CCC)(CCC)CCC. The zero-order valence-corrected chi connectivity index (χ0v) is 21.0. The maximum Gasteiger partial charge on any atom is 0.297 e. The molecule has 0 aliphatic rings. The summed E-state index contributed by atoms with van der Waals surface area (Å²) < 4.78 is 13.9. The smallest absolute Gasteiger partial charge is 0.297 e. The van der Waals surface area contributed by atoms with Crippen molar-refractivity contribution in [3.05, 3.63) is 0 Å². The molecular weight excluding hydrogens is 344 g/mol. The van der Waals surface area contributed by atoms with Gasteiger partial charge in [0.15, 0.2) is 16.6 Å². The molecular formula is C19H46O2Si3. The molecule has 146 valence electrons. The molecule has 0 aliphatic heterocycles. The average Bonchev–Trinajstić information content (AvgIpc) is 2.48. The van der Waals surface area contributed by atoms with Crippen LogP contribution >= 0.6 is 0 Å². The lowest BCUT2D eigenvalue weighted by Crippen LogP contribution is -2.49. The van der Waals surface area contributed by atoms with Crippen LogP contribution in [0.15, 0.2) is 0 Å². The third-order valence-corrected chi connectivity index (χ3v) is 20.2. The van der Waals surface area contributed by atoms with Gasteiger partial charge in [-0.05, 0) is 42.8 Å². The highest BCUT2D eigenvalue weighted by atomic mass is 28.4. The Labute approximate surface area is 157 Å². The first-order chi connectivity index (χ1) is 11.5. The van der Waals surface area contributed by atoms with E-state index in [1.807, 2.05) is 0 Å². The molecule has 0 aromatic carbocycles.